The molecule has 0 unspecified atom stereocenters. The molecule has 2 heteroatoms. The SMILES string of the molecule is CC(C)=CC(=O)Nc1cccc(C(C)C)c1. The van der Waals surface area contributed by atoms with Crippen molar-refractivity contribution in [3.63, 3.8) is 0 Å². The molecule has 0 aliphatic carbocycles. The minimum Gasteiger partial charge on any atom is -0.323 e. The third-order valence-electron chi connectivity index (χ3n) is 2.24. The Kier molecular flexibility index (Phi) is 4.29. The van der Waals surface area contributed by atoms with Crippen LogP contribution in [0.15, 0.2) is 35.9 Å². The zero-order valence-electron chi connectivity index (χ0n) is 10.4. The number of nitrogens with one attached hydrogen (secondary N) is 1. The quantitative estimate of drug-likeness (QED) is 0.768. The van der Waals surface area contributed by atoms with Crippen LogP contribution in [0.5, 0.6) is 0 Å². The van der Waals surface area contributed by atoms with Gasteiger partial charge in [-0.05, 0) is 37.5 Å². The molecule has 86 valence electrons. The maximum atomic E-state index is 11.5. The lowest BCUT2D eigenvalue weighted by Crippen LogP contribution is -2.08. The molecule has 0 saturated heterocycles. The van der Waals surface area contributed by atoms with E-state index in [0.29, 0.717) is 5.92 Å². The van der Waals surface area contributed by atoms with Crippen LogP contribution in [0.4, 0.5) is 5.69 Å². The highest BCUT2D eigenvalue weighted by molar-refractivity contribution is 5.99. The van der Waals surface area contributed by atoms with Crippen LogP contribution in [0.1, 0.15) is 39.2 Å². The van der Waals surface area contributed by atoms with Crippen molar-refractivity contribution in [1.82, 2.24) is 0 Å². The summed E-state index contributed by atoms with van der Waals surface area (Å²) in [7, 11) is 0. The molecular formula is C14H19NO. The average Bonchev–Trinajstić information content (AvgIpc) is 2.16. The summed E-state index contributed by atoms with van der Waals surface area (Å²) in [5, 5.41) is 2.85. The lowest BCUT2D eigenvalue weighted by atomic mass is 10.0. The molecule has 1 aromatic rings. The molecule has 1 N–H and O–H groups in total. The molecular weight excluding hydrogens is 198 g/mol. The molecule has 0 saturated carbocycles. The Hall–Kier alpha value is -1.57. The highest BCUT2D eigenvalue weighted by atomic mass is 16.1. The van der Waals surface area contributed by atoms with Crippen LogP contribution in [0, 0.1) is 0 Å². The summed E-state index contributed by atoms with van der Waals surface area (Å²) in [5.74, 6) is 0.404. The van der Waals surface area contributed by atoms with Crippen LogP contribution in [-0.4, -0.2) is 5.91 Å². The van der Waals surface area contributed by atoms with E-state index in [1.807, 2.05) is 32.0 Å². The van der Waals surface area contributed by atoms with Crippen molar-refractivity contribution < 1.29 is 4.79 Å². The number of anilines is 1. The van der Waals surface area contributed by atoms with Gasteiger partial charge in [-0.15, -0.1) is 0 Å². The Morgan fingerprint density at radius 2 is 2.00 bits per heavy atom. The van der Waals surface area contributed by atoms with Crippen LogP contribution in [0.25, 0.3) is 0 Å². The van der Waals surface area contributed by atoms with E-state index in [9.17, 15) is 4.79 Å². The molecule has 1 rings (SSSR count). The molecule has 0 aliphatic heterocycles. The lowest BCUT2D eigenvalue weighted by molar-refractivity contribution is -0.111. The first-order valence-electron chi connectivity index (χ1n) is 5.55. The molecule has 2 nitrogen and oxygen atoms in total. The highest BCUT2D eigenvalue weighted by Crippen LogP contribution is 2.18. The second-order valence-electron chi connectivity index (χ2n) is 4.49. The van der Waals surface area contributed by atoms with E-state index in [1.165, 1.54) is 5.56 Å². The van der Waals surface area contributed by atoms with Gasteiger partial charge in [0.2, 0.25) is 5.91 Å². The number of benzene rings is 1. The van der Waals surface area contributed by atoms with E-state index in [4.69, 9.17) is 0 Å². The van der Waals surface area contributed by atoms with Gasteiger partial charge in [0.25, 0.3) is 0 Å². The van der Waals surface area contributed by atoms with Gasteiger partial charge < -0.3 is 5.32 Å². The zero-order chi connectivity index (χ0) is 12.1. The van der Waals surface area contributed by atoms with Crippen molar-refractivity contribution in [3.8, 4) is 0 Å². The second-order valence-corrected chi connectivity index (χ2v) is 4.49. The van der Waals surface area contributed by atoms with Gasteiger partial charge in [-0.2, -0.15) is 0 Å². The Balaban J connectivity index is 2.78. The molecule has 0 spiro atoms. The molecule has 0 fully saturated rings. The Bertz CT molecular complexity index is 401. The smallest absolute Gasteiger partial charge is 0.248 e. The fraction of sp³-hybridized carbons (Fsp3) is 0.357. The second kappa shape index (κ2) is 5.50. The zero-order valence-corrected chi connectivity index (χ0v) is 10.4. The third kappa shape index (κ3) is 3.89. The minimum atomic E-state index is -0.0686. The third-order valence-corrected chi connectivity index (χ3v) is 2.24. The summed E-state index contributed by atoms with van der Waals surface area (Å²) >= 11 is 0. The number of hydrogen-bond donors (Lipinski definition) is 1. The van der Waals surface area contributed by atoms with Gasteiger partial charge in [0.05, 0.1) is 0 Å². The highest BCUT2D eigenvalue weighted by Gasteiger charge is 2.02. The summed E-state index contributed by atoms with van der Waals surface area (Å²) in [6.07, 6.45) is 1.60. The Morgan fingerprint density at radius 1 is 1.31 bits per heavy atom. The van der Waals surface area contributed by atoms with Gasteiger partial charge in [-0.3, -0.25) is 4.79 Å². The maximum absolute atomic E-state index is 11.5. The number of hydrogen-bond acceptors (Lipinski definition) is 1. The van der Waals surface area contributed by atoms with Crippen molar-refractivity contribution in [2.75, 3.05) is 5.32 Å². The van der Waals surface area contributed by atoms with Crippen LogP contribution < -0.4 is 5.32 Å². The van der Waals surface area contributed by atoms with Crippen molar-refractivity contribution in [2.45, 2.75) is 33.6 Å². The molecule has 0 aromatic heterocycles. The fourth-order valence-corrected chi connectivity index (χ4v) is 1.42. The van der Waals surface area contributed by atoms with Crippen LogP contribution in [-0.2, 0) is 4.79 Å². The van der Waals surface area contributed by atoms with E-state index >= 15 is 0 Å². The van der Waals surface area contributed by atoms with Crippen molar-refractivity contribution >= 4 is 11.6 Å². The lowest BCUT2D eigenvalue weighted by Gasteiger charge is -2.08. The van der Waals surface area contributed by atoms with Crippen LogP contribution in [0.3, 0.4) is 0 Å². The van der Waals surface area contributed by atoms with Gasteiger partial charge in [0.15, 0.2) is 0 Å². The molecule has 0 atom stereocenters. The standard InChI is InChI=1S/C14H19NO/c1-10(2)8-14(16)15-13-7-5-6-12(9-13)11(3)4/h5-9,11H,1-4H3,(H,15,16). The van der Waals surface area contributed by atoms with Crippen molar-refractivity contribution in [3.05, 3.63) is 41.5 Å². The number of carbonyl (C=O) groups is 1. The minimum absolute atomic E-state index is 0.0686. The summed E-state index contributed by atoms with van der Waals surface area (Å²) in [6, 6.07) is 7.96. The summed E-state index contributed by atoms with van der Waals surface area (Å²) in [5.41, 5.74) is 3.08. The van der Waals surface area contributed by atoms with E-state index in [0.717, 1.165) is 11.3 Å². The maximum Gasteiger partial charge on any atom is 0.248 e. The molecule has 1 aromatic carbocycles. The number of rotatable bonds is 3. The first-order valence-corrected chi connectivity index (χ1v) is 5.55. The number of carbonyl (C=O) groups excluding carboxylic acids is 1. The first kappa shape index (κ1) is 12.5. The fourth-order valence-electron chi connectivity index (χ4n) is 1.42. The Labute approximate surface area is 97.4 Å². The molecule has 0 aliphatic rings. The van der Waals surface area contributed by atoms with Gasteiger partial charge in [-0.1, -0.05) is 31.6 Å². The molecule has 0 heterocycles. The van der Waals surface area contributed by atoms with E-state index < -0.39 is 0 Å². The predicted molar refractivity (Wildman–Crippen MR) is 68.6 cm³/mol. The summed E-state index contributed by atoms with van der Waals surface area (Å²) < 4.78 is 0. The van der Waals surface area contributed by atoms with Crippen molar-refractivity contribution in [1.29, 1.82) is 0 Å². The first-order chi connectivity index (χ1) is 7.49. The molecule has 0 radical (unpaired) electrons. The normalized spacial score (nSPS) is 10.1. The summed E-state index contributed by atoms with van der Waals surface area (Å²) in [4.78, 5) is 11.5. The van der Waals surface area contributed by atoms with E-state index in [2.05, 4.69) is 25.2 Å². The van der Waals surface area contributed by atoms with E-state index in [1.54, 1.807) is 6.08 Å². The average molecular weight is 217 g/mol. The van der Waals surface area contributed by atoms with Crippen LogP contribution >= 0.6 is 0 Å². The largest absolute Gasteiger partial charge is 0.323 e. The number of amides is 1. The Morgan fingerprint density at radius 3 is 2.56 bits per heavy atom. The molecule has 16 heavy (non-hydrogen) atoms. The van der Waals surface area contributed by atoms with Gasteiger partial charge in [0.1, 0.15) is 0 Å². The monoisotopic (exact) mass is 217 g/mol. The predicted octanol–water partition coefficient (Wildman–Crippen LogP) is 3.71. The summed E-state index contributed by atoms with van der Waals surface area (Å²) in [6.45, 7) is 8.09. The van der Waals surface area contributed by atoms with Crippen LogP contribution in [0.2, 0.25) is 0 Å². The molecule has 0 bridgehead atoms. The van der Waals surface area contributed by atoms with Gasteiger partial charge in [0, 0.05) is 11.8 Å². The van der Waals surface area contributed by atoms with E-state index in [-0.39, 0.29) is 5.91 Å². The van der Waals surface area contributed by atoms with Gasteiger partial charge >= 0.3 is 0 Å². The van der Waals surface area contributed by atoms with Crippen molar-refractivity contribution in [2.24, 2.45) is 0 Å². The topological polar surface area (TPSA) is 29.1 Å². The number of allylic oxidation sites excluding steroid dienone is 1. The molecule has 1 amide bonds. The van der Waals surface area contributed by atoms with Gasteiger partial charge in [-0.25, -0.2) is 0 Å².